The number of hydrogen-bond donors (Lipinski definition) is 0. The van der Waals surface area contributed by atoms with Crippen LogP contribution in [0, 0.1) is 46.3 Å². The van der Waals surface area contributed by atoms with Crippen LogP contribution in [0.3, 0.4) is 0 Å². The van der Waals surface area contributed by atoms with Crippen molar-refractivity contribution in [2.24, 2.45) is 46.3 Å². The fraction of sp³-hybridized carbons (Fsp3) is 0.944. The summed E-state index contributed by atoms with van der Waals surface area (Å²) in [6, 6.07) is 0. The molecule has 0 radical (unpaired) electrons. The molecule has 4 heteroatoms. The second-order valence-electron chi connectivity index (χ2n) is 16.3. The van der Waals surface area contributed by atoms with Crippen LogP contribution in [0.15, 0.2) is 0 Å². The quantitative estimate of drug-likeness (QED) is 0.274. The minimum atomic E-state index is -0.331. The molecule has 8 atom stereocenters. The zero-order valence-corrected chi connectivity index (χ0v) is 25.7. The average Bonchev–Trinajstić information content (AvgIpc) is 2.96. The summed E-state index contributed by atoms with van der Waals surface area (Å²) in [6.07, 6.45) is 23.4. The van der Waals surface area contributed by atoms with E-state index in [2.05, 4.69) is 13.8 Å². The summed E-state index contributed by atoms with van der Waals surface area (Å²) in [5.41, 5.74) is -0.851. The Balaban J connectivity index is 1.04. The van der Waals surface area contributed by atoms with Crippen LogP contribution in [-0.2, 0) is 19.1 Å². The molecule has 0 aromatic carbocycles. The number of Topliss-reactive ketones (excluding diaryl/α,β-unsaturated/α-hetero) is 2. The normalized spacial score (nSPS) is 49.1. The molecule has 4 nitrogen and oxygen atoms in total. The van der Waals surface area contributed by atoms with E-state index in [1.54, 1.807) is 0 Å². The maximum Gasteiger partial charge on any atom is 0.164 e. The van der Waals surface area contributed by atoms with Crippen LogP contribution in [0.25, 0.3) is 0 Å². The standard InChI is InChI=1S/C36H56O4/c1-3-35(13-11-25-7-5-9-29(35)16-25)39-22-31(37)33-18-27-15-28(19-33)21-34(20-27,24-33)32(38)23-40-36(4-2)14-12-26-8-6-10-30(36)17-26/h25-30H,3-24H2,1-2H3/t25-,26+,27?,28?,29-,30+,33?,34?,35+,36-. The third kappa shape index (κ3) is 4.59. The number of rotatable bonds is 10. The summed E-state index contributed by atoms with van der Waals surface area (Å²) >= 11 is 0. The molecule has 40 heavy (non-hydrogen) atoms. The fourth-order valence-corrected chi connectivity index (χ4v) is 12.5. The van der Waals surface area contributed by atoms with Gasteiger partial charge >= 0.3 is 0 Å². The van der Waals surface area contributed by atoms with E-state index in [9.17, 15) is 9.59 Å². The largest absolute Gasteiger partial charge is 0.367 e. The number of carbonyl (C=O) groups is 2. The molecule has 0 amide bonds. The highest BCUT2D eigenvalue weighted by Crippen LogP contribution is 2.66. The lowest BCUT2D eigenvalue weighted by molar-refractivity contribution is -0.184. The van der Waals surface area contributed by atoms with Crippen molar-refractivity contribution in [3.8, 4) is 0 Å². The number of hydrogen-bond acceptors (Lipinski definition) is 4. The molecular formula is C36H56O4. The molecule has 0 saturated heterocycles. The Morgan fingerprint density at radius 2 is 1.05 bits per heavy atom. The third-order valence-electron chi connectivity index (χ3n) is 14.4. The second kappa shape index (κ2) is 10.5. The first-order valence-electron chi connectivity index (χ1n) is 17.7. The van der Waals surface area contributed by atoms with E-state index >= 15 is 0 Å². The van der Waals surface area contributed by atoms with E-state index in [0.717, 1.165) is 69.6 Å². The zero-order chi connectivity index (χ0) is 27.6. The van der Waals surface area contributed by atoms with Gasteiger partial charge in [0.15, 0.2) is 11.6 Å². The number of ketones is 2. The molecule has 0 N–H and O–H groups in total. The molecule has 0 heterocycles. The Hall–Kier alpha value is -0.740. The van der Waals surface area contributed by atoms with Crippen molar-refractivity contribution >= 4 is 11.6 Å². The van der Waals surface area contributed by atoms with Crippen LogP contribution < -0.4 is 0 Å². The summed E-state index contributed by atoms with van der Waals surface area (Å²) in [7, 11) is 0. The first-order valence-corrected chi connectivity index (χ1v) is 17.7. The van der Waals surface area contributed by atoms with Gasteiger partial charge in [-0.2, -0.15) is 0 Å². The van der Waals surface area contributed by atoms with Gasteiger partial charge in [0.05, 0.1) is 11.2 Å². The van der Waals surface area contributed by atoms with E-state index in [4.69, 9.17) is 9.47 Å². The van der Waals surface area contributed by atoms with Gasteiger partial charge < -0.3 is 9.47 Å². The van der Waals surface area contributed by atoms with E-state index in [1.807, 2.05) is 0 Å². The summed E-state index contributed by atoms with van der Waals surface area (Å²) < 4.78 is 13.6. The van der Waals surface area contributed by atoms with Gasteiger partial charge in [0.25, 0.3) is 0 Å². The Morgan fingerprint density at radius 1 is 0.600 bits per heavy atom. The zero-order valence-electron chi connectivity index (χ0n) is 25.7. The van der Waals surface area contributed by atoms with Gasteiger partial charge in [-0.3, -0.25) is 9.59 Å². The van der Waals surface area contributed by atoms with Gasteiger partial charge in [0, 0.05) is 10.8 Å². The molecule has 8 aliphatic rings. The maximum absolute atomic E-state index is 14.2. The molecule has 0 aromatic heterocycles. The van der Waals surface area contributed by atoms with Crippen LogP contribution >= 0.6 is 0 Å². The fourth-order valence-electron chi connectivity index (χ4n) is 12.5. The molecule has 0 aliphatic heterocycles. The van der Waals surface area contributed by atoms with Crippen LogP contribution in [-0.4, -0.2) is 36.0 Å². The first-order chi connectivity index (χ1) is 19.3. The van der Waals surface area contributed by atoms with Gasteiger partial charge in [-0.1, -0.05) is 39.5 Å². The van der Waals surface area contributed by atoms with Crippen molar-refractivity contribution in [1.82, 2.24) is 0 Å². The molecule has 224 valence electrons. The second-order valence-corrected chi connectivity index (χ2v) is 16.3. The highest BCUT2D eigenvalue weighted by atomic mass is 16.5. The van der Waals surface area contributed by atoms with Crippen molar-refractivity contribution < 1.29 is 19.1 Å². The monoisotopic (exact) mass is 552 g/mol. The Kier molecular flexibility index (Phi) is 7.34. The summed E-state index contributed by atoms with van der Waals surface area (Å²) in [5.74, 6) is 4.73. The molecule has 0 spiro atoms. The van der Waals surface area contributed by atoms with Crippen molar-refractivity contribution in [3.63, 3.8) is 0 Å². The van der Waals surface area contributed by atoms with E-state index in [0.29, 0.717) is 35.2 Å². The van der Waals surface area contributed by atoms with Gasteiger partial charge in [0.2, 0.25) is 0 Å². The molecule has 0 aromatic rings. The van der Waals surface area contributed by atoms with Crippen LogP contribution in [0.1, 0.15) is 142 Å². The third-order valence-corrected chi connectivity index (χ3v) is 14.4. The van der Waals surface area contributed by atoms with Gasteiger partial charge in [-0.15, -0.1) is 0 Å². The SMILES string of the molecule is CC[C@@]1(OCC(=O)C23CC4CC(C2)CC(C(=O)CO[C@@]2(CC)CC[C@H]5CCC[C@@H]2C5)(C4)C3)CC[C@@H]2CCC[C@H]1C2. The highest BCUT2D eigenvalue weighted by molar-refractivity contribution is 5.91. The molecule has 2 unspecified atom stereocenters. The van der Waals surface area contributed by atoms with E-state index in [1.165, 1.54) is 70.6 Å². The van der Waals surface area contributed by atoms with Crippen molar-refractivity contribution in [2.75, 3.05) is 13.2 Å². The van der Waals surface area contributed by atoms with Crippen LogP contribution in [0.4, 0.5) is 0 Å². The first kappa shape index (κ1) is 28.1. The van der Waals surface area contributed by atoms with Gasteiger partial charge in [-0.05, 0) is 138 Å². The number of ether oxygens (including phenoxy) is 2. The number of carbonyl (C=O) groups excluding carboxylic acids is 2. The predicted octanol–water partition coefficient (Wildman–Crippen LogP) is 8.24. The molecule has 8 bridgehead atoms. The lowest BCUT2D eigenvalue weighted by atomic mass is 9.42. The lowest BCUT2D eigenvalue weighted by Crippen LogP contribution is -2.59. The predicted molar refractivity (Wildman–Crippen MR) is 157 cm³/mol. The van der Waals surface area contributed by atoms with Crippen molar-refractivity contribution in [2.45, 2.75) is 153 Å². The molecular weight excluding hydrogens is 496 g/mol. The average molecular weight is 553 g/mol. The number of fused-ring (bicyclic) bond motifs is 4. The van der Waals surface area contributed by atoms with Crippen LogP contribution in [0.2, 0.25) is 0 Å². The topological polar surface area (TPSA) is 52.6 Å². The van der Waals surface area contributed by atoms with E-state index in [-0.39, 0.29) is 35.2 Å². The Bertz CT molecular complexity index is 899. The van der Waals surface area contributed by atoms with Gasteiger partial charge in [0.1, 0.15) is 13.2 Å². The summed E-state index contributed by atoms with van der Waals surface area (Å²) in [6.45, 7) is 5.11. The summed E-state index contributed by atoms with van der Waals surface area (Å²) in [4.78, 5) is 28.4. The minimum absolute atomic E-state index is 0.0944. The molecule has 8 fully saturated rings. The summed E-state index contributed by atoms with van der Waals surface area (Å²) in [5, 5.41) is 0. The van der Waals surface area contributed by atoms with Crippen LogP contribution in [0.5, 0.6) is 0 Å². The smallest absolute Gasteiger partial charge is 0.164 e. The maximum atomic E-state index is 14.2. The van der Waals surface area contributed by atoms with Crippen molar-refractivity contribution in [3.05, 3.63) is 0 Å². The minimum Gasteiger partial charge on any atom is -0.367 e. The molecule has 8 rings (SSSR count). The van der Waals surface area contributed by atoms with Gasteiger partial charge in [-0.25, -0.2) is 0 Å². The van der Waals surface area contributed by atoms with E-state index < -0.39 is 0 Å². The molecule has 8 aliphatic carbocycles. The Labute approximate surface area is 243 Å². The highest BCUT2D eigenvalue weighted by Gasteiger charge is 2.63. The van der Waals surface area contributed by atoms with Crippen molar-refractivity contribution in [1.29, 1.82) is 0 Å². The Morgan fingerprint density at radius 3 is 1.48 bits per heavy atom. The molecule has 8 saturated carbocycles. The lowest BCUT2D eigenvalue weighted by Gasteiger charge is -2.61.